The molecule has 0 aromatic carbocycles. The molecule has 0 saturated heterocycles. The summed E-state index contributed by atoms with van der Waals surface area (Å²) in [4.78, 5) is 18.4. The fourth-order valence-electron chi connectivity index (χ4n) is 2.01. The number of hydrogen-bond donors (Lipinski definition) is 2. The molecule has 1 rings (SSSR count). The number of hydrogen-bond acceptors (Lipinski definition) is 3. The highest BCUT2D eigenvalue weighted by molar-refractivity contribution is 5.65. The number of aromatic nitrogens is 2. The van der Waals surface area contributed by atoms with Crippen molar-refractivity contribution < 1.29 is 0 Å². The van der Waals surface area contributed by atoms with Gasteiger partial charge < -0.3 is 10.3 Å². The molecule has 0 bridgehead atoms. The topological polar surface area (TPSA) is 57.8 Å². The molecule has 0 aliphatic heterocycles. The molecule has 0 aliphatic rings. The number of nitrogens with zero attached hydrogens (tertiary/aromatic N) is 1. The molecule has 0 spiro atoms. The molecule has 0 unspecified atom stereocenters. The monoisotopic (exact) mass is 263 g/mol. The Kier molecular flexibility index (Phi) is 7.11. The van der Waals surface area contributed by atoms with Gasteiger partial charge in [0.05, 0.1) is 12.0 Å². The highest BCUT2D eigenvalue weighted by atomic mass is 16.1. The van der Waals surface area contributed by atoms with E-state index in [0.717, 1.165) is 24.4 Å². The van der Waals surface area contributed by atoms with Crippen LogP contribution in [-0.2, 0) is 0 Å². The minimum atomic E-state index is -0.0627. The van der Waals surface area contributed by atoms with Gasteiger partial charge in [0.2, 0.25) is 0 Å². The normalized spacial score (nSPS) is 11.8. The standard InChI is InChI=1S/C15H25N3O/c1-4-6-7-8-9-16-10-13(5-2)14-12(3)15(19)18-11-17-14/h5,11,16H,4,6-10H2,1-3H3,(H,17,18,19)/b13-5-. The minimum Gasteiger partial charge on any atom is -0.313 e. The Morgan fingerprint density at radius 1 is 1.42 bits per heavy atom. The van der Waals surface area contributed by atoms with Crippen molar-refractivity contribution in [3.8, 4) is 0 Å². The zero-order valence-corrected chi connectivity index (χ0v) is 12.3. The first-order valence-corrected chi connectivity index (χ1v) is 7.11. The average molecular weight is 263 g/mol. The molecule has 1 aromatic heterocycles. The molecule has 0 amide bonds. The molecular weight excluding hydrogens is 238 g/mol. The van der Waals surface area contributed by atoms with Crippen molar-refractivity contribution >= 4 is 5.57 Å². The van der Waals surface area contributed by atoms with Crippen molar-refractivity contribution in [3.63, 3.8) is 0 Å². The highest BCUT2D eigenvalue weighted by Gasteiger charge is 2.08. The van der Waals surface area contributed by atoms with Crippen molar-refractivity contribution in [3.05, 3.63) is 34.0 Å². The Morgan fingerprint density at radius 2 is 2.21 bits per heavy atom. The van der Waals surface area contributed by atoms with E-state index in [1.165, 1.54) is 32.0 Å². The number of allylic oxidation sites excluding steroid dienone is 1. The number of H-pyrrole nitrogens is 1. The van der Waals surface area contributed by atoms with Crippen molar-refractivity contribution in [2.75, 3.05) is 13.1 Å². The van der Waals surface area contributed by atoms with Crippen LogP contribution in [0.3, 0.4) is 0 Å². The second kappa shape index (κ2) is 8.64. The van der Waals surface area contributed by atoms with Crippen LogP contribution >= 0.6 is 0 Å². The van der Waals surface area contributed by atoms with Crippen LogP contribution in [0.15, 0.2) is 17.2 Å². The zero-order valence-electron chi connectivity index (χ0n) is 12.3. The lowest BCUT2D eigenvalue weighted by Gasteiger charge is -2.10. The van der Waals surface area contributed by atoms with Gasteiger partial charge in [-0.3, -0.25) is 4.79 Å². The third kappa shape index (κ3) is 4.99. The smallest absolute Gasteiger partial charge is 0.254 e. The summed E-state index contributed by atoms with van der Waals surface area (Å²) in [5.41, 5.74) is 2.50. The molecule has 1 heterocycles. The highest BCUT2D eigenvalue weighted by Crippen LogP contribution is 2.11. The van der Waals surface area contributed by atoms with Gasteiger partial charge in [-0.05, 0) is 32.4 Å². The van der Waals surface area contributed by atoms with E-state index in [9.17, 15) is 4.79 Å². The van der Waals surface area contributed by atoms with Gasteiger partial charge in [-0.25, -0.2) is 4.98 Å². The van der Waals surface area contributed by atoms with Crippen LogP contribution in [0.5, 0.6) is 0 Å². The fraction of sp³-hybridized carbons (Fsp3) is 0.600. The van der Waals surface area contributed by atoms with Crippen LogP contribution in [0.1, 0.15) is 50.8 Å². The van der Waals surface area contributed by atoms with Crippen molar-refractivity contribution in [1.29, 1.82) is 0 Å². The maximum Gasteiger partial charge on any atom is 0.254 e. The SMILES string of the molecule is C/C=C(/CNCCCCCC)c1nc[nH]c(=O)c1C. The van der Waals surface area contributed by atoms with E-state index < -0.39 is 0 Å². The fourth-order valence-corrected chi connectivity index (χ4v) is 2.01. The van der Waals surface area contributed by atoms with E-state index in [1.54, 1.807) is 0 Å². The van der Waals surface area contributed by atoms with Crippen molar-refractivity contribution in [2.45, 2.75) is 46.5 Å². The minimum absolute atomic E-state index is 0.0627. The molecule has 4 heteroatoms. The second-order valence-corrected chi connectivity index (χ2v) is 4.76. The molecule has 106 valence electrons. The summed E-state index contributed by atoms with van der Waals surface area (Å²) >= 11 is 0. The predicted octanol–water partition coefficient (Wildman–Crippen LogP) is 2.65. The van der Waals surface area contributed by atoms with Gasteiger partial charge in [-0.15, -0.1) is 0 Å². The van der Waals surface area contributed by atoms with Crippen LogP contribution < -0.4 is 10.9 Å². The Labute approximate surface area is 115 Å². The quantitative estimate of drug-likeness (QED) is 0.709. The van der Waals surface area contributed by atoms with E-state index in [-0.39, 0.29) is 5.56 Å². The second-order valence-electron chi connectivity index (χ2n) is 4.76. The number of aromatic amines is 1. The molecule has 4 nitrogen and oxygen atoms in total. The molecule has 0 saturated carbocycles. The molecular formula is C15H25N3O. The van der Waals surface area contributed by atoms with Crippen LogP contribution in [0.25, 0.3) is 5.57 Å². The Morgan fingerprint density at radius 3 is 2.89 bits per heavy atom. The van der Waals surface area contributed by atoms with Gasteiger partial charge in [0.1, 0.15) is 0 Å². The molecule has 19 heavy (non-hydrogen) atoms. The predicted molar refractivity (Wildman–Crippen MR) is 80.3 cm³/mol. The van der Waals surface area contributed by atoms with E-state index in [2.05, 4.69) is 22.2 Å². The zero-order chi connectivity index (χ0) is 14.1. The van der Waals surface area contributed by atoms with E-state index in [4.69, 9.17) is 0 Å². The maximum absolute atomic E-state index is 11.6. The summed E-state index contributed by atoms with van der Waals surface area (Å²) in [7, 11) is 0. The average Bonchev–Trinajstić information content (AvgIpc) is 2.42. The first-order chi connectivity index (χ1) is 9.20. The van der Waals surface area contributed by atoms with E-state index >= 15 is 0 Å². The summed E-state index contributed by atoms with van der Waals surface area (Å²) in [5, 5.41) is 3.42. The van der Waals surface area contributed by atoms with Crippen molar-refractivity contribution in [2.24, 2.45) is 0 Å². The van der Waals surface area contributed by atoms with Gasteiger partial charge in [0.15, 0.2) is 0 Å². The molecule has 0 aliphatic carbocycles. The van der Waals surface area contributed by atoms with E-state index in [0.29, 0.717) is 5.56 Å². The lowest BCUT2D eigenvalue weighted by atomic mass is 10.1. The summed E-state index contributed by atoms with van der Waals surface area (Å²) in [6, 6.07) is 0. The molecule has 0 radical (unpaired) electrons. The van der Waals surface area contributed by atoms with Crippen LogP contribution in [0.4, 0.5) is 0 Å². The summed E-state index contributed by atoms with van der Waals surface area (Å²) in [6.45, 7) is 7.79. The van der Waals surface area contributed by atoms with Gasteiger partial charge in [-0.1, -0.05) is 32.3 Å². The molecule has 0 fully saturated rings. The van der Waals surface area contributed by atoms with Gasteiger partial charge >= 0.3 is 0 Å². The molecule has 0 atom stereocenters. The van der Waals surface area contributed by atoms with Gasteiger partial charge in [0.25, 0.3) is 5.56 Å². The third-order valence-electron chi connectivity index (χ3n) is 3.26. The van der Waals surface area contributed by atoms with Gasteiger partial charge in [-0.2, -0.15) is 0 Å². The molecule has 2 N–H and O–H groups in total. The number of nitrogens with one attached hydrogen (secondary N) is 2. The van der Waals surface area contributed by atoms with Gasteiger partial charge in [0, 0.05) is 12.1 Å². The summed E-state index contributed by atoms with van der Waals surface area (Å²) in [6.07, 6.45) is 8.52. The first-order valence-electron chi connectivity index (χ1n) is 7.11. The first kappa shape index (κ1) is 15.6. The Bertz CT molecular complexity index is 463. The van der Waals surface area contributed by atoms with Crippen LogP contribution in [0, 0.1) is 6.92 Å². The lowest BCUT2D eigenvalue weighted by Crippen LogP contribution is -2.21. The largest absolute Gasteiger partial charge is 0.313 e. The van der Waals surface area contributed by atoms with Crippen LogP contribution in [-0.4, -0.2) is 23.1 Å². The molecule has 1 aromatic rings. The van der Waals surface area contributed by atoms with E-state index in [1.807, 2.05) is 19.9 Å². The van der Waals surface area contributed by atoms with Crippen LogP contribution in [0.2, 0.25) is 0 Å². The summed E-state index contributed by atoms with van der Waals surface area (Å²) < 4.78 is 0. The third-order valence-corrected chi connectivity index (χ3v) is 3.26. The summed E-state index contributed by atoms with van der Waals surface area (Å²) in [5.74, 6) is 0. The Balaban J connectivity index is 2.51. The lowest BCUT2D eigenvalue weighted by molar-refractivity contribution is 0.622. The van der Waals surface area contributed by atoms with Crippen molar-refractivity contribution in [1.82, 2.24) is 15.3 Å². The maximum atomic E-state index is 11.6. The number of unbranched alkanes of at least 4 members (excludes halogenated alkanes) is 3. The Hall–Kier alpha value is -1.42. The number of rotatable bonds is 8.